The summed E-state index contributed by atoms with van der Waals surface area (Å²) in [4.78, 5) is 11.6. The van der Waals surface area contributed by atoms with Gasteiger partial charge in [-0.15, -0.1) is 24.8 Å². The van der Waals surface area contributed by atoms with Gasteiger partial charge in [0.05, 0.1) is 5.56 Å². The maximum absolute atomic E-state index is 9.18. The summed E-state index contributed by atoms with van der Waals surface area (Å²) in [5.74, 6) is 1.44. The van der Waals surface area contributed by atoms with Gasteiger partial charge >= 0.3 is 0 Å². The van der Waals surface area contributed by atoms with E-state index in [0.29, 0.717) is 17.2 Å². The lowest BCUT2D eigenvalue weighted by Gasteiger charge is -2.32. The highest BCUT2D eigenvalue weighted by Gasteiger charge is 2.19. The van der Waals surface area contributed by atoms with Gasteiger partial charge in [-0.05, 0) is 43.9 Å². The Balaban J connectivity index is 0.00000210. The van der Waals surface area contributed by atoms with Crippen LogP contribution in [0.3, 0.4) is 0 Å². The number of rotatable bonds is 6. The minimum Gasteiger partial charge on any atom is -0.398 e. The van der Waals surface area contributed by atoms with Crippen LogP contribution in [0.1, 0.15) is 43.9 Å². The first-order valence-electron chi connectivity index (χ1n) is 9.54. The topological polar surface area (TPSA) is 117 Å². The number of nitriles is 1. The predicted molar refractivity (Wildman–Crippen MR) is 123 cm³/mol. The van der Waals surface area contributed by atoms with Crippen molar-refractivity contribution in [3.63, 3.8) is 0 Å². The molecule has 0 saturated carbocycles. The van der Waals surface area contributed by atoms with Gasteiger partial charge in [-0.25, -0.2) is 4.98 Å². The largest absolute Gasteiger partial charge is 0.398 e. The summed E-state index contributed by atoms with van der Waals surface area (Å²) in [6.07, 6.45) is 5.22. The molecule has 1 aromatic heterocycles. The first-order valence-corrected chi connectivity index (χ1v) is 9.54. The predicted octanol–water partition coefficient (Wildman–Crippen LogP) is 3.79. The Morgan fingerprint density at radius 3 is 2.76 bits per heavy atom. The number of halogens is 2. The van der Waals surface area contributed by atoms with Crippen LogP contribution >= 0.6 is 24.8 Å². The summed E-state index contributed by atoms with van der Waals surface area (Å²) in [7, 11) is 0. The molecule has 29 heavy (non-hydrogen) atoms. The number of piperidine rings is 1. The SMILES string of the molecule is CCCCc1cc(N2CCC[C@@H](N)C2)nc(Nc2ccc(N)c(C#N)c2)n1.Cl.Cl. The van der Waals surface area contributed by atoms with Crippen molar-refractivity contribution < 1.29 is 0 Å². The Bertz CT molecular complexity index is 838. The molecule has 9 heteroatoms. The van der Waals surface area contributed by atoms with Gasteiger partial charge in [-0.2, -0.15) is 10.2 Å². The molecule has 158 valence electrons. The van der Waals surface area contributed by atoms with E-state index in [1.165, 1.54) is 0 Å². The molecule has 1 saturated heterocycles. The monoisotopic (exact) mass is 437 g/mol. The third kappa shape index (κ3) is 6.64. The van der Waals surface area contributed by atoms with Crippen molar-refractivity contribution in [2.75, 3.05) is 29.0 Å². The molecule has 1 aliphatic heterocycles. The number of anilines is 4. The second-order valence-corrected chi connectivity index (χ2v) is 7.03. The number of aryl methyl sites for hydroxylation is 1. The molecule has 1 fully saturated rings. The van der Waals surface area contributed by atoms with Crippen LogP contribution in [0.2, 0.25) is 0 Å². The van der Waals surface area contributed by atoms with Crippen molar-refractivity contribution in [1.29, 1.82) is 5.26 Å². The third-order valence-electron chi connectivity index (χ3n) is 4.76. The number of nitrogen functional groups attached to an aromatic ring is 1. The first-order chi connectivity index (χ1) is 13.1. The zero-order chi connectivity index (χ0) is 19.2. The number of hydrogen-bond donors (Lipinski definition) is 3. The fourth-order valence-electron chi connectivity index (χ4n) is 3.26. The van der Waals surface area contributed by atoms with E-state index in [1.54, 1.807) is 12.1 Å². The van der Waals surface area contributed by atoms with Crippen LogP contribution < -0.4 is 21.7 Å². The molecular weight excluding hydrogens is 409 g/mol. The van der Waals surface area contributed by atoms with Crippen molar-refractivity contribution in [3.8, 4) is 6.07 Å². The lowest BCUT2D eigenvalue weighted by Crippen LogP contribution is -2.43. The van der Waals surface area contributed by atoms with E-state index >= 15 is 0 Å². The van der Waals surface area contributed by atoms with Crippen molar-refractivity contribution in [3.05, 3.63) is 35.5 Å². The van der Waals surface area contributed by atoms with Gasteiger partial charge in [0.15, 0.2) is 0 Å². The van der Waals surface area contributed by atoms with Crippen LogP contribution in [0.5, 0.6) is 0 Å². The van der Waals surface area contributed by atoms with E-state index in [4.69, 9.17) is 16.5 Å². The number of aromatic nitrogens is 2. The normalized spacial score (nSPS) is 15.6. The van der Waals surface area contributed by atoms with Gasteiger partial charge in [-0.1, -0.05) is 13.3 Å². The van der Waals surface area contributed by atoms with E-state index in [2.05, 4.69) is 34.3 Å². The highest BCUT2D eigenvalue weighted by molar-refractivity contribution is 5.85. The Hall–Kier alpha value is -2.27. The standard InChI is InChI=1S/C20H27N7.2ClH/c1-2-3-6-16-11-19(27-9-4-5-15(22)13-27)26-20(24-16)25-17-7-8-18(23)14(10-17)12-21;;/h7-8,10-11,15H,2-6,9,13,22-23H2,1H3,(H,24,25,26);2*1H/t15-;;/m1../s1. The molecule has 0 spiro atoms. The smallest absolute Gasteiger partial charge is 0.229 e. The maximum atomic E-state index is 9.18. The van der Waals surface area contributed by atoms with Crippen LogP contribution in [-0.4, -0.2) is 29.1 Å². The Morgan fingerprint density at radius 1 is 1.28 bits per heavy atom. The molecule has 1 aliphatic rings. The van der Waals surface area contributed by atoms with Gasteiger partial charge in [0.2, 0.25) is 5.95 Å². The van der Waals surface area contributed by atoms with Crippen molar-refractivity contribution in [2.24, 2.45) is 5.73 Å². The Labute approximate surface area is 184 Å². The molecule has 0 unspecified atom stereocenters. The Morgan fingerprint density at radius 2 is 2.07 bits per heavy atom. The van der Waals surface area contributed by atoms with Gasteiger partial charge in [-0.3, -0.25) is 0 Å². The van der Waals surface area contributed by atoms with Crippen molar-refractivity contribution in [2.45, 2.75) is 45.1 Å². The molecule has 0 radical (unpaired) electrons. The molecule has 3 rings (SSSR count). The average molecular weight is 438 g/mol. The summed E-state index contributed by atoms with van der Waals surface area (Å²) >= 11 is 0. The number of hydrogen-bond acceptors (Lipinski definition) is 7. The van der Waals surface area contributed by atoms with Crippen LogP contribution in [0, 0.1) is 11.3 Å². The molecular formula is C20H29Cl2N7. The summed E-state index contributed by atoms with van der Waals surface area (Å²) in [6, 6.07) is 9.61. The zero-order valence-electron chi connectivity index (χ0n) is 16.6. The highest BCUT2D eigenvalue weighted by Crippen LogP contribution is 2.24. The zero-order valence-corrected chi connectivity index (χ0v) is 18.2. The number of benzene rings is 1. The van der Waals surface area contributed by atoms with E-state index in [-0.39, 0.29) is 30.9 Å². The first kappa shape index (κ1) is 24.8. The molecule has 0 aliphatic carbocycles. The van der Waals surface area contributed by atoms with Gasteiger partial charge in [0.25, 0.3) is 0 Å². The second kappa shape index (κ2) is 11.7. The summed E-state index contributed by atoms with van der Waals surface area (Å²) in [6.45, 7) is 3.94. The average Bonchev–Trinajstić information content (AvgIpc) is 2.67. The highest BCUT2D eigenvalue weighted by atomic mass is 35.5. The van der Waals surface area contributed by atoms with Crippen molar-refractivity contribution >= 4 is 48.0 Å². The Kier molecular flexibility index (Phi) is 9.96. The molecule has 1 atom stereocenters. The number of nitrogens with zero attached hydrogens (tertiary/aromatic N) is 4. The minimum absolute atomic E-state index is 0. The van der Waals surface area contributed by atoms with Crippen LogP contribution in [-0.2, 0) is 6.42 Å². The summed E-state index contributed by atoms with van der Waals surface area (Å²) in [5.41, 5.74) is 14.6. The number of nitrogens with one attached hydrogen (secondary N) is 1. The molecule has 2 heterocycles. The van der Waals surface area contributed by atoms with Gasteiger partial charge in [0, 0.05) is 42.3 Å². The van der Waals surface area contributed by atoms with E-state index in [0.717, 1.165) is 62.4 Å². The van der Waals surface area contributed by atoms with Gasteiger partial charge in [0.1, 0.15) is 11.9 Å². The fourth-order valence-corrected chi connectivity index (χ4v) is 3.26. The summed E-state index contributed by atoms with van der Waals surface area (Å²) < 4.78 is 0. The van der Waals surface area contributed by atoms with E-state index < -0.39 is 0 Å². The minimum atomic E-state index is 0. The molecule has 2 aromatic rings. The van der Waals surface area contributed by atoms with Crippen LogP contribution in [0.25, 0.3) is 0 Å². The lowest BCUT2D eigenvalue weighted by atomic mass is 10.1. The molecule has 7 nitrogen and oxygen atoms in total. The van der Waals surface area contributed by atoms with Crippen LogP contribution in [0.4, 0.5) is 23.1 Å². The number of nitrogens with two attached hydrogens (primary N) is 2. The van der Waals surface area contributed by atoms with E-state index in [9.17, 15) is 5.26 Å². The third-order valence-corrected chi connectivity index (χ3v) is 4.76. The lowest BCUT2D eigenvalue weighted by molar-refractivity contribution is 0.503. The van der Waals surface area contributed by atoms with Crippen molar-refractivity contribution in [1.82, 2.24) is 9.97 Å². The quantitative estimate of drug-likeness (QED) is 0.588. The fraction of sp³-hybridized carbons (Fsp3) is 0.450. The summed E-state index contributed by atoms with van der Waals surface area (Å²) in [5, 5.41) is 12.4. The van der Waals surface area contributed by atoms with Crippen LogP contribution in [0.15, 0.2) is 24.3 Å². The molecule has 1 aromatic carbocycles. The maximum Gasteiger partial charge on any atom is 0.229 e. The number of unbranched alkanes of at least 4 members (excludes halogenated alkanes) is 1. The second-order valence-electron chi connectivity index (χ2n) is 7.03. The molecule has 0 bridgehead atoms. The molecule has 0 amide bonds. The van der Waals surface area contributed by atoms with Gasteiger partial charge < -0.3 is 21.7 Å². The van der Waals surface area contributed by atoms with E-state index in [1.807, 2.05) is 6.07 Å². The molecule has 5 N–H and O–H groups in total.